The van der Waals surface area contributed by atoms with Gasteiger partial charge in [-0.2, -0.15) is 0 Å². The maximum Gasteiger partial charge on any atom is 0.407 e. The van der Waals surface area contributed by atoms with Gasteiger partial charge in [-0.05, 0) is 5.41 Å². The van der Waals surface area contributed by atoms with Crippen LogP contribution in [-0.4, -0.2) is 60.8 Å². The lowest BCUT2D eigenvalue weighted by Crippen LogP contribution is -2.73. The smallest absolute Gasteiger partial charge is 0.407 e. The van der Waals surface area contributed by atoms with Crippen LogP contribution in [0.15, 0.2) is 0 Å². The Morgan fingerprint density at radius 2 is 1.72 bits per heavy atom. The van der Waals surface area contributed by atoms with Gasteiger partial charge in [0.25, 0.3) is 0 Å². The standard InChI is InChI=1S/C11H20N2O4S/c1-10(2,3)8-18(16,17)13-6-11(7-13)4-12(5-11)9(14)15/h4-8H2,1-3H3,(H,14,15). The molecule has 2 heterocycles. The van der Waals surface area contributed by atoms with E-state index in [-0.39, 0.29) is 16.6 Å². The Kier molecular flexibility index (Phi) is 2.90. The highest BCUT2D eigenvalue weighted by Crippen LogP contribution is 2.41. The van der Waals surface area contributed by atoms with Crippen LogP contribution in [0.1, 0.15) is 20.8 Å². The summed E-state index contributed by atoms with van der Waals surface area (Å²) >= 11 is 0. The van der Waals surface area contributed by atoms with Crippen LogP contribution in [0.4, 0.5) is 4.79 Å². The van der Waals surface area contributed by atoms with Gasteiger partial charge in [0.15, 0.2) is 0 Å². The third-order valence-electron chi connectivity index (χ3n) is 3.36. The Morgan fingerprint density at radius 3 is 2.11 bits per heavy atom. The average Bonchev–Trinajstić information content (AvgIpc) is 1.90. The maximum atomic E-state index is 12.1. The minimum absolute atomic E-state index is 0.108. The minimum Gasteiger partial charge on any atom is -0.465 e. The number of nitrogens with zero attached hydrogens (tertiary/aromatic N) is 2. The third-order valence-corrected chi connectivity index (χ3v) is 5.63. The largest absolute Gasteiger partial charge is 0.465 e. The van der Waals surface area contributed by atoms with Crippen LogP contribution < -0.4 is 0 Å². The van der Waals surface area contributed by atoms with Crippen molar-refractivity contribution in [3.05, 3.63) is 0 Å². The van der Waals surface area contributed by atoms with Crippen molar-refractivity contribution >= 4 is 16.1 Å². The van der Waals surface area contributed by atoms with Gasteiger partial charge in [0.1, 0.15) is 0 Å². The van der Waals surface area contributed by atoms with Crippen molar-refractivity contribution in [3.8, 4) is 0 Å². The van der Waals surface area contributed by atoms with Gasteiger partial charge in [0.2, 0.25) is 10.0 Å². The van der Waals surface area contributed by atoms with Crippen LogP contribution in [-0.2, 0) is 10.0 Å². The second kappa shape index (κ2) is 3.84. The zero-order valence-electron chi connectivity index (χ0n) is 11.0. The molecule has 0 atom stereocenters. The minimum atomic E-state index is -3.20. The molecular weight excluding hydrogens is 256 g/mol. The molecule has 2 saturated heterocycles. The first-order chi connectivity index (χ1) is 8.03. The average molecular weight is 276 g/mol. The Labute approximate surface area is 108 Å². The lowest BCUT2D eigenvalue weighted by molar-refractivity contribution is -0.0665. The third kappa shape index (κ3) is 2.47. The van der Waals surface area contributed by atoms with E-state index in [0.717, 1.165) is 0 Å². The Balaban J connectivity index is 1.89. The molecule has 18 heavy (non-hydrogen) atoms. The second-order valence-electron chi connectivity index (χ2n) is 6.72. The van der Waals surface area contributed by atoms with E-state index in [1.165, 1.54) is 9.21 Å². The molecule has 0 radical (unpaired) electrons. The lowest BCUT2D eigenvalue weighted by Gasteiger charge is -2.58. The summed E-state index contributed by atoms with van der Waals surface area (Å²) in [6.45, 7) is 7.55. The number of carbonyl (C=O) groups is 1. The van der Waals surface area contributed by atoms with E-state index in [2.05, 4.69) is 0 Å². The van der Waals surface area contributed by atoms with Crippen LogP contribution in [0, 0.1) is 10.8 Å². The molecule has 0 aromatic heterocycles. The van der Waals surface area contributed by atoms with E-state index >= 15 is 0 Å². The molecule has 2 fully saturated rings. The monoisotopic (exact) mass is 276 g/mol. The van der Waals surface area contributed by atoms with Gasteiger partial charge in [-0.1, -0.05) is 20.8 Å². The van der Waals surface area contributed by atoms with Crippen molar-refractivity contribution in [1.82, 2.24) is 9.21 Å². The molecule has 1 N–H and O–H groups in total. The summed E-state index contributed by atoms with van der Waals surface area (Å²) in [5.41, 5.74) is -0.363. The fourth-order valence-corrected chi connectivity index (χ4v) is 4.85. The van der Waals surface area contributed by atoms with Gasteiger partial charge in [0.05, 0.1) is 5.75 Å². The number of sulfonamides is 1. The highest BCUT2D eigenvalue weighted by atomic mass is 32.2. The molecule has 1 spiro atoms. The fourth-order valence-electron chi connectivity index (χ4n) is 2.64. The second-order valence-corrected chi connectivity index (χ2v) is 8.69. The quantitative estimate of drug-likeness (QED) is 0.803. The summed E-state index contributed by atoms with van der Waals surface area (Å²) in [7, 11) is -3.20. The summed E-state index contributed by atoms with van der Waals surface area (Å²) in [4.78, 5) is 12.0. The number of carboxylic acid groups (broad SMARTS) is 1. The Hall–Kier alpha value is -0.820. The van der Waals surface area contributed by atoms with Crippen LogP contribution in [0.2, 0.25) is 0 Å². The molecule has 104 valence electrons. The van der Waals surface area contributed by atoms with Gasteiger partial charge < -0.3 is 10.0 Å². The normalized spacial score (nSPS) is 23.6. The molecule has 0 unspecified atom stereocenters. The molecule has 0 aliphatic carbocycles. The predicted molar refractivity (Wildman–Crippen MR) is 66.8 cm³/mol. The molecule has 2 rings (SSSR count). The van der Waals surface area contributed by atoms with E-state index < -0.39 is 16.1 Å². The molecule has 0 bridgehead atoms. The highest BCUT2D eigenvalue weighted by Gasteiger charge is 2.56. The molecule has 6 nitrogen and oxygen atoms in total. The molecular formula is C11H20N2O4S. The van der Waals surface area contributed by atoms with Crippen molar-refractivity contribution in [2.24, 2.45) is 10.8 Å². The van der Waals surface area contributed by atoms with E-state index in [9.17, 15) is 13.2 Å². The number of likely N-dealkylation sites (tertiary alicyclic amines) is 1. The molecule has 7 heteroatoms. The first-order valence-corrected chi connectivity index (χ1v) is 7.60. The van der Waals surface area contributed by atoms with Crippen molar-refractivity contribution in [2.75, 3.05) is 31.9 Å². The lowest BCUT2D eigenvalue weighted by atomic mass is 9.75. The number of hydrogen-bond acceptors (Lipinski definition) is 3. The van der Waals surface area contributed by atoms with Gasteiger partial charge in [0, 0.05) is 31.6 Å². The summed E-state index contributed by atoms with van der Waals surface area (Å²) < 4.78 is 25.6. The van der Waals surface area contributed by atoms with Gasteiger partial charge in [-0.15, -0.1) is 0 Å². The topological polar surface area (TPSA) is 77.9 Å². The fraction of sp³-hybridized carbons (Fsp3) is 0.909. The van der Waals surface area contributed by atoms with Crippen LogP contribution >= 0.6 is 0 Å². The van der Waals surface area contributed by atoms with Crippen molar-refractivity contribution in [2.45, 2.75) is 20.8 Å². The Bertz CT molecular complexity index is 452. The van der Waals surface area contributed by atoms with E-state index in [0.29, 0.717) is 26.2 Å². The number of rotatable bonds is 2. The number of hydrogen-bond donors (Lipinski definition) is 1. The summed E-state index contributed by atoms with van der Waals surface area (Å²) in [6.07, 6.45) is -0.920. The van der Waals surface area contributed by atoms with E-state index in [1.807, 2.05) is 20.8 Å². The molecule has 2 aliphatic rings. The molecule has 2 aliphatic heterocycles. The molecule has 0 aromatic rings. The molecule has 0 saturated carbocycles. The predicted octanol–water partition coefficient (Wildman–Crippen LogP) is 0.658. The SMILES string of the molecule is CC(C)(C)CS(=O)(=O)N1CC2(CN(C(=O)O)C2)C1. The zero-order valence-corrected chi connectivity index (χ0v) is 11.8. The first-order valence-electron chi connectivity index (χ1n) is 5.99. The molecule has 1 amide bonds. The maximum absolute atomic E-state index is 12.1. The zero-order chi connectivity index (χ0) is 13.8. The van der Waals surface area contributed by atoms with Crippen LogP contribution in [0.3, 0.4) is 0 Å². The van der Waals surface area contributed by atoms with Crippen LogP contribution in [0.5, 0.6) is 0 Å². The van der Waals surface area contributed by atoms with Gasteiger partial charge >= 0.3 is 6.09 Å². The van der Waals surface area contributed by atoms with E-state index in [1.54, 1.807) is 0 Å². The Morgan fingerprint density at radius 1 is 1.22 bits per heavy atom. The van der Waals surface area contributed by atoms with E-state index in [4.69, 9.17) is 5.11 Å². The highest BCUT2D eigenvalue weighted by molar-refractivity contribution is 7.89. The first kappa shape index (κ1) is 13.6. The van der Waals surface area contributed by atoms with Gasteiger partial charge in [-0.3, -0.25) is 0 Å². The summed E-state index contributed by atoms with van der Waals surface area (Å²) in [6, 6.07) is 0. The van der Waals surface area contributed by atoms with Crippen molar-refractivity contribution in [3.63, 3.8) is 0 Å². The summed E-state index contributed by atoms with van der Waals surface area (Å²) in [5.74, 6) is 0.138. The van der Waals surface area contributed by atoms with Gasteiger partial charge in [-0.25, -0.2) is 17.5 Å². The van der Waals surface area contributed by atoms with Crippen molar-refractivity contribution < 1.29 is 18.3 Å². The molecule has 0 aromatic carbocycles. The number of amides is 1. The van der Waals surface area contributed by atoms with Crippen molar-refractivity contribution in [1.29, 1.82) is 0 Å². The summed E-state index contributed by atoms with van der Waals surface area (Å²) in [5, 5.41) is 8.76. The van der Waals surface area contributed by atoms with Crippen LogP contribution in [0.25, 0.3) is 0 Å².